The van der Waals surface area contributed by atoms with Gasteiger partial charge in [0.15, 0.2) is 11.6 Å². The van der Waals surface area contributed by atoms with Gasteiger partial charge in [-0.15, -0.1) is 10.2 Å². The minimum absolute atomic E-state index is 0.103. The van der Waals surface area contributed by atoms with E-state index in [2.05, 4.69) is 33.3 Å². The maximum atomic E-state index is 12.9. The summed E-state index contributed by atoms with van der Waals surface area (Å²) >= 11 is 0. The summed E-state index contributed by atoms with van der Waals surface area (Å²) in [6.45, 7) is 1.41. The van der Waals surface area contributed by atoms with Crippen LogP contribution < -0.4 is 14.4 Å². The lowest BCUT2D eigenvalue weighted by molar-refractivity contribution is 0.0537. The van der Waals surface area contributed by atoms with Crippen LogP contribution in [0.3, 0.4) is 0 Å². The van der Waals surface area contributed by atoms with E-state index in [0.29, 0.717) is 30.0 Å². The average Bonchev–Trinajstić information content (AvgIpc) is 3.26. The van der Waals surface area contributed by atoms with E-state index >= 15 is 0 Å². The van der Waals surface area contributed by atoms with Gasteiger partial charge in [-0.3, -0.25) is 4.79 Å². The molecule has 2 aromatic carbocycles. The Labute approximate surface area is 193 Å². The Morgan fingerprint density at radius 2 is 1.88 bits per heavy atom. The molecule has 0 bridgehead atoms. The number of Topliss-reactive ketones (excluding diaryl/α,β-unsaturated/α-hetero) is 1. The number of benzene rings is 2. The third kappa shape index (κ3) is 3.63. The quantitative estimate of drug-likeness (QED) is 0.590. The third-order valence-electron chi connectivity index (χ3n) is 7.23. The molecule has 1 saturated heterocycles. The normalized spacial score (nSPS) is 21.5. The first kappa shape index (κ1) is 20.2. The standard InChI is InChI=1S/C27H27N3O3/c1-32-21-8-10-25-22(15-21)24(31)16-27(33-25)12-13-30(17-27)26-11-9-23(28-29-26)20-7-6-18-4-2-3-5-19(18)14-20/h6-11,14-15H,2-5,12-13,16-17H2,1H3. The van der Waals surface area contributed by atoms with Gasteiger partial charge in [0.2, 0.25) is 0 Å². The fourth-order valence-electron chi connectivity index (χ4n) is 5.41. The first-order chi connectivity index (χ1) is 16.1. The lowest BCUT2D eigenvalue weighted by atomic mass is 9.89. The van der Waals surface area contributed by atoms with Crippen molar-refractivity contribution in [1.82, 2.24) is 10.2 Å². The number of ether oxygens (including phenoxy) is 2. The molecule has 168 valence electrons. The number of carbonyl (C=O) groups excluding carboxylic acids is 1. The minimum Gasteiger partial charge on any atom is -0.497 e. The van der Waals surface area contributed by atoms with Crippen molar-refractivity contribution >= 4 is 11.6 Å². The van der Waals surface area contributed by atoms with Crippen molar-refractivity contribution in [2.75, 3.05) is 25.1 Å². The number of fused-ring (bicyclic) bond motifs is 2. The number of hydrogen-bond donors (Lipinski definition) is 0. The molecular formula is C27H27N3O3. The van der Waals surface area contributed by atoms with Crippen LogP contribution >= 0.6 is 0 Å². The third-order valence-corrected chi connectivity index (χ3v) is 7.23. The highest BCUT2D eigenvalue weighted by atomic mass is 16.5. The zero-order valence-corrected chi connectivity index (χ0v) is 18.8. The summed E-state index contributed by atoms with van der Waals surface area (Å²) in [5.41, 5.74) is 5.03. The second kappa shape index (κ2) is 7.87. The molecule has 1 unspecified atom stereocenters. The maximum Gasteiger partial charge on any atom is 0.170 e. The van der Waals surface area contributed by atoms with Crippen LogP contribution in [0.5, 0.6) is 11.5 Å². The summed E-state index contributed by atoms with van der Waals surface area (Å²) in [6.07, 6.45) is 6.02. The number of carbonyl (C=O) groups is 1. The van der Waals surface area contributed by atoms with Crippen molar-refractivity contribution in [2.45, 2.75) is 44.1 Å². The Kier molecular flexibility index (Phi) is 4.82. The van der Waals surface area contributed by atoms with Gasteiger partial charge in [-0.05, 0) is 73.2 Å². The van der Waals surface area contributed by atoms with E-state index in [0.717, 1.165) is 36.5 Å². The van der Waals surface area contributed by atoms with Crippen LogP contribution in [0.15, 0.2) is 48.5 Å². The summed E-state index contributed by atoms with van der Waals surface area (Å²) < 4.78 is 11.6. The molecule has 2 aliphatic heterocycles. The Balaban J connectivity index is 1.20. The highest BCUT2D eigenvalue weighted by molar-refractivity contribution is 6.00. The van der Waals surface area contributed by atoms with E-state index in [-0.39, 0.29) is 5.78 Å². The molecule has 6 rings (SSSR count). The maximum absolute atomic E-state index is 12.9. The molecule has 6 nitrogen and oxygen atoms in total. The van der Waals surface area contributed by atoms with Crippen LogP contribution in [0.25, 0.3) is 11.3 Å². The Morgan fingerprint density at radius 1 is 1.00 bits per heavy atom. The van der Waals surface area contributed by atoms with E-state index in [9.17, 15) is 4.79 Å². The predicted octanol–water partition coefficient (Wildman–Crippen LogP) is 4.65. The van der Waals surface area contributed by atoms with E-state index in [4.69, 9.17) is 9.47 Å². The Morgan fingerprint density at radius 3 is 2.70 bits per heavy atom. The lowest BCUT2D eigenvalue weighted by Gasteiger charge is -2.34. The number of aromatic nitrogens is 2. The molecule has 3 heterocycles. The number of hydrogen-bond acceptors (Lipinski definition) is 6. The summed E-state index contributed by atoms with van der Waals surface area (Å²) in [5, 5.41) is 9.06. The van der Waals surface area contributed by atoms with Crippen molar-refractivity contribution in [3.8, 4) is 22.8 Å². The topological polar surface area (TPSA) is 64.5 Å². The van der Waals surface area contributed by atoms with Gasteiger partial charge >= 0.3 is 0 Å². The first-order valence-electron chi connectivity index (χ1n) is 11.7. The molecular weight excluding hydrogens is 414 g/mol. The van der Waals surface area contributed by atoms with Gasteiger partial charge in [0.25, 0.3) is 0 Å². The molecule has 1 aromatic heterocycles. The van der Waals surface area contributed by atoms with Crippen LogP contribution in [-0.4, -0.2) is 41.8 Å². The van der Waals surface area contributed by atoms with Gasteiger partial charge in [0.1, 0.15) is 17.1 Å². The smallest absolute Gasteiger partial charge is 0.170 e. The number of aryl methyl sites for hydroxylation is 2. The average molecular weight is 442 g/mol. The van der Waals surface area contributed by atoms with Crippen molar-refractivity contribution in [2.24, 2.45) is 0 Å². The van der Waals surface area contributed by atoms with Gasteiger partial charge in [0, 0.05) is 18.5 Å². The van der Waals surface area contributed by atoms with Gasteiger partial charge in [-0.25, -0.2) is 0 Å². The Hall–Kier alpha value is -3.41. The predicted molar refractivity (Wildman–Crippen MR) is 126 cm³/mol. The number of methoxy groups -OCH3 is 1. The zero-order valence-electron chi connectivity index (χ0n) is 18.8. The number of ketones is 1. The van der Waals surface area contributed by atoms with E-state index in [1.165, 1.54) is 30.4 Å². The molecule has 33 heavy (non-hydrogen) atoms. The van der Waals surface area contributed by atoms with Gasteiger partial charge in [-0.1, -0.05) is 12.1 Å². The SMILES string of the molecule is COc1ccc2c(c1)C(=O)CC1(CCN(c3ccc(-c4ccc5c(c4)CCCC5)nn3)C1)O2. The molecule has 3 aliphatic rings. The van der Waals surface area contributed by atoms with Crippen molar-refractivity contribution in [3.05, 3.63) is 65.2 Å². The number of nitrogens with zero attached hydrogens (tertiary/aromatic N) is 3. The van der Waals surface area contributed by atoms with Crippen LogP contribution in [0.2, 0.25) is 0 Å². The van der Waals surface area contributed by atoms with Crippen LogP contribution in [0, 0.1) is 0 Å². The fraction of sp³-hybridized carbons (Fsp3) is 0.370. The van der Waals surface area contributed by atoms with Crippen LogP contribution in [-0.2, 0) is 12.8 Å². The van der Waals surface area contributed by atoms with Crippen molar-refractivity contribution < 1.29 is 14.3 Å². The second-order valence-corrected chi connectivity index (χ2v) is 9.39. The molecule has 1 atom stereocenters. The molecule has 3 aromatic rings. The van der Waals surface area contributed by atoms with Gasteiger partial charge in [-0.2, -0.15) is 0 Å². The van der Waals surface area contributed by atoms with Crippen molar-refractivity contribution in [1.29, 1.82) is 0 Å². The van der Waals surface area contributed by atoms with E-state index in [1.54, 1.807) is 13.2 Å². The molecule has 0 saturated carbocycles. The Bertz CT molecular complexity index is 1220. The van der Waals surface area contributed by atoms with Gasteiger partial charge in [0.05, 0.1) is 31.3 Å². The van der Waals surface area contributed by atoms with Crippen LogP contribution in [0.1, 0.15) is 47.2 Å². The molecule has 1 fully saturated rings. The molecule has 0 N–H and O–H groups in total. The fourth-order valence-corrected chi connectivity index (χ4v) is 5.41. The zero-order chi connectivity index (χ0) is 22.4. The van der Waals surface area contributed by atoms with Gasteiger partial charge < -0.3 is 14.4 Å². The largest absolute Gasteiger partial charge is 0.497 e. The second-order valence-electron chi connectivity index (χ2n) is 9.39. The monoisotopic (exact) mass is 441 g/mol. The van der Waals surface area contributed by atoms with E-state index in [1.807, 2.05) is 24.3 Å². The number of rotatable bonds is 3. The van der Waals surface area contributed by atoms with Crippen molar-refractivity contribution in [3.63, 3.8) is 0 Å². The van der Waals surface area contributed by atoms with Crippen LogP contribution in [0.4, 0.5) is 5.82 Å². The van der Waals surface area contributed by atoms with E-state index < -0.39 is 5.60 Å². The highest BCUT2D eigenvalue weighted by Crippen LogP contribution is 2.41. The molecule has 0 amide bonds. The molecule has 1 spiro atoms. The summed E-state index contributed by atoms with van der Waals surface area (Å²) in [5.74, 6) is 2.24. The molecule has 0 radical (unpaired) electrons. The highest BCUT2D eigenvalue weighted by Gasteiger charge is 2.46. The summed E-state index contributed by atoms with van der Waals surface area (Å²) in [6, 6.07) is 16.2. The minimum atomic E-state index is -0.516. The molecule has 1 aliphatic carbocycles. The molecule has 6 heteroatoms. The number of anilines is 1. The lowest BCUT2D eigenvalue weighted by Crippen LogP contribution is -2.44. The first-order valence-corrected chi connectivity index (χ1v) is 11.7. The summed E-state index contributed by atoms with van der Waals surface area (Å²) in [7, 11) is 1.60. The summed E-state index contributed by atoms with van der Waals surface area (Å²) in [4.78, 5) is 15.1.